The molecular formula is C24H24BrN5O2S. The van der Waals surface area contributed by atoms with Gasteiger partial charge in [-0.1, -0.05) is 62.4 Å². The number of aromatic amines is 1. The summed E-state index contributed by atoms with van der Waals surface area (Å²) in [5.41, 5.74) is 2.86. The molecule has 170 valence electrons. The monoisotopic (exact) mass is 525 g/mol. The molecular weight excluding hydrogens is 502 g/mol. The smallest absolute Gasteiger partial charge is 0.231 e. The fourth-order valence-electron chi connectivity index (χ4n) is 4.04. The SMILES string of the molecule is CCC(C)C(Cn1cnc(=N)c2[nH]c(Sc3cc4c(cc3Br)OCO4)nc21)c1ccccc1. The maximum absolute atomic E-state index is 8.31. The number of hydrogen-bond donors (Lipinski definition) is 2. The van der Waals surface area contributed by atoms with E-state index < -0.39 is 0 Å². The number of benzene rings is 2. The number of fused-ring (bicyclic) bond motifs is 2. The number of rotatable bonds is 7. The second-order valence-corrected chi connectivity index (χ2v) is 10.0. The normalized spacial score (nSPS) is 14.5. The second kappa shape index (κ2) is 9.23. The lowest BCUT2D eigenvalue weighted by molar-refractivity contribution is 0.174. The van der Waals surface area contributed by atoms with Gasteiger partial charge in [0.25, 0.3) is 0 Å². The van der Waals surface area contributed by atoms with Crippen LogP contribution in [0.2, 0.25) is 0 Å². The maximum Gasteiger partial charge on any atom is 0.231 e. The van der Waals surface area contributed by atoms with Crippen LogP contribution >= 0.6 is 27.7 Å². The summed E-state index contributed by atoms with van der Waals surface area (Å²) in [5, 5.41) is 9.01. The zero-order valence-corrected chi connectivity index (χ0v) is 20.7. The van der Waals surface area contributed by atoms with Crippen LogP contribution in [0.3, 0.4) is 0 Å². The molecule has 2 aromatic heterocycles. The standard InChI is InChI=1S/C24H24BrN5O2S/c1-3-14(2)16(15-7-5-4-6-8-15)11-30-12-27-22(26)21-23(30)29-24(28-21)33-20-10-19-18(9-17(20)25)31-13-32-19/h4-10,12,14,16,26H,3,11,13H2,1-2H3,(H,28,29). The third-order valence-corrected chi connectivity index (χ3v) is 7.95. The molecule has 9 heteroatoms. The molecule has 0 saturated heterocycles. The van der Waals surface area contributed by atoms with Crippen molar-refractivity contribution in [2.45, 2.75) is 42.8 Å². The lowest BCUT2D eigenvalue weighted by Crippen LogP contribution is -2.20. The van der Waals surface area contributed by atoms with Gasteiger partial charge in [0.15, 0.2) is 27.8 Å². The van der Waals surface area contributed by atoms with Gasteiger partial charge in [0, 0.05) is 21.8 Å². The Balaban J connectivity index is 1.50. The first-order valence-corrected chi connectivity index (χ1v) is 12.5. The van der Waals surface area contributed by atoms with Crippen LogP contribution in [-0.2, 0) is 6.54 Å². The number of aromatic nitrogens is 4. The Bertz CT molecular complexity index is 1350. The molecule has 0 bridgehead atoms. The molecule has 4 aromatic rings. The van der Waals surface area contributed by atoms with Crippen LogP contribution in [0.4, 0.5) is 0 Å². The molecule has 1 aliphatic rings. The van der Waals surface area contributed by atoms with E-state index in [1.54, 1.807) is 6.33 Å². The molecule has 2 unspecified atom stereocenters. The quantitative estimate of drug-likeness (QED) is 0.322. The van der Waals surface area contributed by atoms with E-state index in [1.807, 2.05) is 18.2 Å². The Morgan fingerprint density at radius 3 is 2.73 bits per heavy atom. The molecule has 5 rings (SSSR count). The predicted octanol–water partition coefficient (Wildman–Crippen LogP) is 5.71. The van der Waals surface area contributed by atoms with E-state index >= 15 is 0 Å². The van der Waals surface area contributed by atoms with Crippen LogP contribution in [0.5, 0.6) is 11.5 Å². The van der Waals surface area contributed by atoms with Crippen LogP contribution in [0, 0.1) is 11.3 Å². The average Bonchev–Trinajstić information content (AvgIpc) is 3.46. The van der Waals surface area contributed by atoms with Gasteiger partial charge in [-0.25, -0.2) is 9.97 Å². The van der Waals surface area contributed by atoms with E-state index in [9.17, 15) is 0 Å². The molecule has 33 heavy (non-hydrogen) atoms. The third-order valence-electron chi connectivity index (χ3n) is 6.08. The highest BCUT2D eigenvalue weighted by Gasteiger charge is 2.21. The Hall–Kier alpha value is -2.78. The summed E-state index contributed by atoms with van der Waals surface area (Å²) >= 11 is 5.09. The van der Waals surface area contributed by atoms with Crippen molar-refractivity contribution in [3.05, 3.63) is 64.3 Å². The molecule has 3 heterocycles. The van der Waals surface area contributed by atoms with Gasteiger partial charge in [-0.3, -0.25) is 5.41 Å². The lowest BCUT2D eigenvalue weighted by atomic mass is 9.85. The highest BCUT2D eigenvalue weighted by molar-refractivity contribution is 9.10. The number of halogens is 1. The van der Waals surface area contributed by atoms with Gasteiger partial charge in [-0.05, 0) is 39.5 Å². The number of nitrogens with one attached hydrogen (secondary N) is 2. The Morgan fingerprint density at radius 1 is 1.21 bits per heavy atom. The zero-order valence-electron chi connectivity index (χ0n) is 18.3. The highest BCUT2D eigenvalue weighted by atomic mass is 79.9. The molecule has 0 radical (unpaired) electrons. The van der Waals surface area contributed by atoms with Crippen molar-refractivity contribution in [3.63, 3.8) is 0 Å². The minimum atomic E-state index is 0.185. The Kier molecular flexibility index (Phi) is 6.16. The topological polar surface area (TPSA) is 88.8 Å². The van der Waals surface area contributed by atoms with Gasteiger partial charge >= 0.3 is 0 Å². The number of ether oxygens (including phenoxy) is 2. The van der Waals surface area contributed by atoms with E-state index in [1.165, 1.54) is 17.3 Å². The summed E-state index contributed by atoms with van der Waals surface area (Å²) in [6.45, 7) is 5.47. The van der Waals surface area contributed by atoms with Gasteiger partial charge < -0.3 is 19.0 Å². The largest absolute Gasteiger partial charge is 0.454 e. The molecule has 0 amide bonds. The Morgan fingerprint density at radius 2 is 1.97 bits per heavy atom. The third kappa shape index (κ3) is 4.39. The summed E-state index contributed by atoms with van der Waals surface area (Å²) in [5.74, 6) is 2.25. The van der Waals surface area contributed by atoms with Crippen LogP contribution in [-0.4, -0.2) is 26.3 Å². The van der Waals surface area contributed by atoms with Crippen molar-refractivity contribution in [1.82, 2.24) is 19.5 Å². The summed E-state index contributed by atoms with van der Waals surface area (Å²) in [7, 11) is 0. The maximum atomic E-state index is 8.31. The minimum Gasteiger partial charge on any atom is -0.454 e. The first-order valence-electron chi connectivity index (χ1n) is 10.8. The molecule has 2 aromatic carbocycles. The van der Waals surface area contributed by atoms with E-state index in [0.717, 1.165) is 33.7 Å². The first kappa shape index (κ1) is 22.0. The first-order chi connectivity index (χ1) is 16.0. The van der Waals surface area contributed by atoms with E-state index in [-0.39, 0.29) is 12.3 Å². The van der Waals surface area contributed by atoms with Crippen LogP contribution in [0.15, 0.2) is 63.3 Å². The van der Waals surface area contributed by atoms with Gasteiger partial charge in [-0.15, -0.1) is 0 Å². The number of H-pyrrole nitrogens is 1. The van der Waals surface area contributed by atoms with Crippen molar-refractivity contribution in [2.75, 3.05) is 6.79 Å². The van der Waals surface area contributed by atoms with Crippen molar-refractivity contribution >= 4 is 38.9 Å². The number of nitrogens with zero attached hydrogens (tertiary/aromatic N) is 3. The Labute approximate surface area is 204 Å². The summed E-state index contributed by atoms with van der Waals surface area (Å²) in [6, 6.07) is 14.4. The van der Waals surface area contributed by atoms with Crippen molar-refractivity contribution in [2.24, 2.45) is 5.92 Å². The van der Waals surface area contributed by atoms with Crippen molar-refractivity contribution in [3.8, 4) is 11.5 Å². The van der Waals surface area contributed by atoms with Gasteiger partial charge in [0.2, 0.25) is 6.79 Å². The molecule has 7 nitrogen and oxygen atoms in total. The summed E-state index contributed by atoms with van der Waals surface area (Å²) in [4.78, 5) is 13.4. The van der Waals surface area contributed by atoms with E-state index in [4.69, 9.17) is 19.9 Å². The van der Waals surface area contributed by atoms with Crippen LogP contribution in [0.25, 0.3) is 11.2 Å². The van der Waals surface area contributed by atoms with Crippen LogP contribution in [0.1, 0.15) is 31.7 Å². The summed E-state index contributed by atoms with van der Waals surface area (Å²) in [6.07, 6.45) is 2.81. The number of imidazole rings is 1. The molecule has 2 atom stereocenters. The average molecular weight is 526 g/mol. The van der Waals surface area contributed by atoms with E-state index in [2.05, 4.69) is 68.6 Å². The zero-order chi connectivity index (χ0) is 22.9. The highest BCUT2D eigenvalue weighted by Crippen LogP contribution is 2.42. The fourth-order valence-corrected chi connectivity index (χ4v) is 5.42. The number of hydrogen-bond acceptors (Lipinski definition) is 6. The lowest BCUT2D eigenvalue weighted by Gasteiger charge is -2.24. The molecule has 0 fully saturated rings. The van der Waals surface area contributed by atoms with E-state index in [0.29, 0.717) is 28.3 Å². The minimum absolute atomic E-state index is 0.185. The van der Waals surface area contributed by atoms with Crippen molar-refractivity contribution < 1.29 is 9.47 Å². The summed E-state index contributed by atoms with van der Waals surface area (Å²) < 4.78 is 13.9. The van der Waals surface area contributed by atoms with Gasteiger partial charge in [-0.2, -0.15) is 0 Å². The molecule has 0 saturated carbocycles. The van der Waals surface area contributed by atoms with Gasteiger partial charge in [0.05, 0.1) is 6.33 Å². The molecule has 1 aliphatic heterocycles. The second-order valence-electron chi connectivity index (χ2n) is 8.13. The van der Waals surface area contributed by atoms with Gasteiger partial charge in [0.1, 0.15) is 5.52 Å². The fraction of sp³-hybridized carbons (Fsp3) is 0.292. The predicted molar refractivity (Wildman–Crippen MR) is 131 cm³/mol. The molecule has 2 N–H and O–H groups in total. The molecule has 0 aliphatic carbocycles. The van der Waals surface area contributed by atoms with Crippen molar-refractivity contribution in [1.29, 1.82) is 5.41 Å². The van der Waals surface area contributed by atoms with Crippen LogP contribution < -0.4 is 15.0 Å². The molecule has 0 spiro atoms.